The van der Waals surface area contributed by atoms with Gasteiger partial charge in [-0.25, -0.2) is 0 Å². The number of hydrazone groups is 1. The molecule has 0 heterocycles. The van der Waals surface area contributed by atoms with E-state index in [1.807, 2.05) is 18.2 Å². The van der Waals surface area contributed by atoms with Crippen LogP contribution in [0.15, 0.2) is 35.4 Å². The third kappa shape index (κ3) is 4.59. The molecule has 0 atom stereocenters. The smallest absolute Gasteiger partial charge is 0.0561 e. The van der Waals surface area contributed by atoms with Gasteiger partial charge in [-0.2, -0.15) is 5.10 Å². The molecule has 0 aliphatic heterocycles. The minimum absolute atomic E-state index is 1.08. The molecule has 0 radical (unpaired) electrons. The molecule has 2 rings (SSSR count). The number of hydrogen-bond donors (Lipinski definition) is 1. The van der Waals surface area contributed by atoms with E-state index in [1.165, 1.54) is 57.1 Å². The topological polar surface area (TPSA) is 24.4 Å². The van der Waals surface area contributed by atoms with Gasteiger partial charge in [0.05, 0.1) is 5.69 Å². The van der Waals surface area contributed by atoms with Gasteiger partial charge in [0.25, 0.3) is 0 Å². The number of anilines is 1. The summed E-state index contributed by atoms with van der Waals surface area (Å²) in [5.74, 6) is 0. The summed E-state index contributed by atoms with van der Waals surface area (Å²) in [5, 5.41) is 4.56. The molecule has 2 heteroatoms. The minimum atomic E-state index is 1.08. The van der Waals surface area contributed by atoms with Crippen molar-refractivity contribution >= 4 is 11.4 Å². The average Bonchev–Trinajstić information content (AvgIpc) is 2.51. The molecular formula is C15H22N2. The molecule has 92 valence electrons. The van der Waals surface area contributed by atoms with Crippen LogP contribution in [0, 0.1) is 0 Å². The van der Waals surface area contributed by atoms with E-state index >= 15 is 0 Å². The molecule has 1 aromatic carbocycles. The zero-order valence-corrected chi connectivity index (χ0v) is 10.5. The molecule has 1 N–H and O–H groups in total. The summed E-state index contributed by atoms with van der Waals surface area (Å²) in [7, 11) is 0. The van der Waals surface area contributed by atoms with Gasteiger partial charge in [-0.05, 0) is 37.8 Å². The second-order valence-corrected chi connectivity index (χ2v) is 4.78. The van der Waals surface area contributed by atoms with E-state index in [9.17, 15) is 0 Å². The van der Waals surface area contributed by atoms with Crippen molar-refractivity contribution in [3.8, 4) is 0 Å². The highest BCUT2D eigenvalue weighted by molar-refractivity contribution is 5.85. The van der Waals surface area contributed by atoms with Gasteiger partial charge in [-0.1, -0.05) is 43.9 Å². The first-order valence-electron chi connectivity index (χ1n) is 6.82. The molecule has 0 aromatic heterocycles. The fourth-order valence-electron chi connectivity index (χ4n) is 2.26. The SMILES string of the molecule is c1ccc(NN=C2CCCCCCCC2)cc1. The summed E-state index contributed by atoms with van der Waals surface area (Å²) in [6, 6.07) is 10.2. The van der Waals surface area contributed by atoms with Crippen molar-refractivity contribution in [2.75, 3.05) is 5.43 Å². The van der Waals surface area contributed by atoms with Crippen molar-refractivity contribution < 1.29 is 0 Å². The Morgan fingerprint density at radius 2 is 1.35 bits per heavy atom. The Morgan fingerprint density at radius 1 is 0.765 bits per heavy atom. The molecule has 1 saturated carbocycles. The van der Waals surface area contributed by atoms with E-state index in [-0.39, 0.29) is 0 Å². The Bertz CT molecular complexity index is 331. The van der Waals surface area contributed by atoms with E-state index in [1.54, 1.807) is 0 Å². The van der Waals surface area contributed by atoms with Crippen LogP contribution >= 0.6 is 0 Å². The second kappa shape index (κ2) is 7.10. The molecular weight excluding hydrogens is 208 g/mol. The predicted octanol–water partition coefficient (Wildman–Crippen LogP) is 4.59. The summed E-state index contributed by atoms with van der Waals surface area (Å²) in [5.41, 5.74) is 5.60. The fraction of sp³-hybridized carbons (Fsp3) is 0.533. The lowest BCUT2D eigenvalue weighted by Crippen LogP contribution is -2.02. The maximum atomic E-state index is 4.56. The van der Waals surface area contributed by atoms with Crippen molar-refractivity contribution in [2.45, 2.75) is 51.4 Å². The van der Waals surface area contributed by atoms with Gasteiger partial charge >= 0.3 is 0 Å². The van der Waals surface area contributed by atoms with Crippen molar-refractivity contribution in [1.82, 2.24) is 0 Å². The Hall–Kier alpha value is -1.31. The summed E-state index contributed by atoms with van der Waals surface area (Å²) in [6.45, 7) is 0. The molecule has 1 aliphatic carbocycles. The van der Waals surface area contributed by atoms with Crippen LogP contribution in [0.25, 0.3) is 0 Å². The van der Waals surface area contributed by atoms with Crippen molar-refractivity contribution in [3.05, 3.63) is 30.3 Å². The molecule has 1 fully saturated rings. The van der Waals surface area contributed by atoms with Crippen molar-refractivity contribution in [1.29, 1.82) is 0 Å². The lowest BCUT2D eigenvalue weighted by Gasteiger charge is -2.06. The Kier molecular flexibility index (Phi) is 5.08. The first-order chi connectivity index (χ1) is 8.45. The normalized spacial score (nSPS) is 17.8. The van der Waals surface area contributed by atoms with E-state index in [0.29, 0.717) is 0 Å². The number of rotatable bonds is 2. The first-order valence-corrected chi connectivity index (χ1v) is 6.82. The van der Waals surface area contributed by atoms with Crippen LogP contribution in [0.4, 0.5) is 5.69 Å². The fourth-order valence-corrected chi connectivity index (χ4v) is 2.26. The highest BCUT2D eigenvalue weighted by Crippen LogP contribution is 2.15. The zero-order chi connectivity index (χ0) is 11.8. The van der Waals surface area contributed by atoms with Crippen LogP contribution < -0.4 is 5.43 Å². The number of para-hydroxylation sites is 1. The third-order valence-corrected chi connectivity index (χ3v) is 3.30. The number of hydrogen-bond acceptors (Lipinski definition) is 2. The van der Waals surface area contributed by atoms with Gasteiger partial charge < -0.3 is 0 Å². The lowest BCUT2D eigenvalue weighted by atomic mass is 10.1. The molecule has 0 amide bonds. The highest BCUT2D eigenvalue weighted by atomic mass is 15.3. The minimum Gasteiger partial charge on any atom is -0.279 e. The highest BCUT2D eigenvalue weighted by Gasteiger charge is 2.03. The van der Waals surface area contributed by atoms with E-state index in [4.69, 9.17) is 0 Å². The zero-order valence-electron chi connectivity index (χ0n) is 10.5. The molecule has 2 nitrogen and oxygen atoms in total. The third-order valence-electron chi connectivity index (χ3n) is 3.30. The van der Waals surface area contributed by atoms with Crippen molar-refractivity contribution in [3.63, 3.8) is 0 Å². The summed E-state index contributed by atoms with van der Waals surface area (Å²) in [4.78, 5) is 0. The lowest BCUT2D eigenvalue weighted by molar-refractivity contribution is 0.624. The van der Waals surface area contributed by atoms with Crippen LogP contribution in [-0.4, -0.2) is 5.71 Å². The van der Waals surface area contributed by atoms with Gasteiger partial charge in [-0.15, -0.1) is 0 Å². The second-order valence-electron chi connectivity index (χ2n) is 4.78. The van der Waals surface area contributed by atoms with Crippen LogP contribution in [-0.2, 0) is 0 Å². The van der Waals surface area contributed by atoms with E-state index < -0.39 is 0 Å². The summed E-state index contributed by atoms with van der Waals surface area (Å²) >= 11 is 0. The van der Waals surface area contributed by atoms with Crippen LogP contribution in [0.2, 0.25) is 0 Å². The van der Waals surface area contributed by atoms with Crippen LogP contribution in [0.5, 0.6) is 0 Å². The number of nitrogens with zero attached hydrogens (tertiary/aromatic N) is 1. The molecule has 0 unspecified atom stereocenters. The maximum absolute atomic E-state index is 4.56. The summed E-state index contributed by atoms with van der Waals surface area (Å²) < 4.78 is 0. The maximum Gasteiger partial charge on any atom is 0.0561 e. The first kappa shape index (κ1) is 12.2. The van der Waals surface area contributed by atoms with Crippen LogP contribution in [0.3, 0.4) is 0 Å². The van der Waals surface area contributed by atoms with Gasteiger partial charge in [0.15, 0.2) is 0 Å². The van der Waals surface area contributed by atoms with E-state index in [0.717, 1.165) is 5.69 Å². The standard InChI is InChI=1S/C15H22N2/c1-2-4-7-11-14(10-6-3-1)16-17-15-12-8-5-9-13-15/h5,8-9,12-13,17H,1-4,6-7,10-11H2. The Labute approximate surface area is 104 Å². The number of benzene rings is 1. The molecule has 0 saturated heterocycles. The monoisotopic (exact) mass is 230 g/mol. The van der Waals surface area contributed by atoms with Gasteiger partial charge in [-0.3, -0.25) is 5.43 Å². The molecule has 17 heavy (non-hydrogen) atoms. The van der Waals surface area contributed by atoms with Crippen molar-refractivity contribution in [2.24, 2.45) is 5.10 Å². The molecule has 1 aromatic rings. The Morgan fingerprint density at radius 3 is 2.00 bits per heavy atom. The van der Waals surface area contributed by atoms with Gasteiger partial charge in [0.2, 0.25) is 0 Å². The number of nitrogens with one attached hydrogen (secondary N) is 1. The predicted molar refractivity (Wildman–Crippen MR) is 74.4 cm³/mol. The van der Waals surface area contributed by atoms with Gasteiger partial charge in [0.1, 0.15) is 0 Å². The molecule has 0 spiro atoms. The van der Waals surface area contributed by atoms with E-state index in [2.05, 4.69) is 22.7 Å². The molecule has 1 aliphatic rings. The quantitative estimate of drug-likeness (QED) is 0.738. The summed E-state index contributed by atoms with van der Waals surface area (Å²) in [6.07, 6.45) is 10.5. The average molecular weight is 230 g/mol. The van der Waals surface area contributed by atoms with Gasteiger partial charge in [0, 0.05) is 5.71 Å². The Balaban J connectivity index is 1.89. The largest absolute Gasteiger partial charge is 0.279 e. The van der Waals surface area contributed by atoms with Crippen LogP contribution in [0.1, 0.15) is 51.4 Å². The molecule has 0 bridgehead atoms.